The number of nitrogens with zero attached hydrogens (tertiary/aromatic N) is 2. The zero-order valence-corrected chi connectivity index (χ0v) is 8.20. The molecule has 2 rings (SSSR count). The minimum Gasteiger partial charge on any atom is -0.486 e. The predicted molar refractivity (Wildman–Crippen MR) is 55.1 cm³/mol. The molecule has 14 heavy (non-hydrogen) atoms. The summed E-state index contributed by atoms with van der Waals surface area (Å²) in [6.45, 7) is 0.487. The molecule has 0 aliphatic heterocycles. The van der Waals surface area contributed by atoms with E-state index in [2.05, 4.69) is 9.97 Å². The van der Waals surface area contributed by atoms with Crippen LogP contribution in [0.3, 0.4) is 0 Å². The lowest BCUT2D eigenvalue weighted by atomic mass is 10.5. The number of nitrogens with two attached hydrogens (primary N) is 1. The van der Waals surface area contributed by atoms with E-state index in [4.69, 9.17) is 10.5 Å². The number of ether oxygens (including phenoxy) is 1. The normalized spacial score (nSPS) is 10.0. The van der Waals surface area contributed by atoms with Gasteiger partial charge in [0.2, 0.25) is 0 Å². The molecular weight excluding hydrogens is 198 g/mol. The third-order valence-electron chi connectivity index (χ3n) is 1.59. The highest BCUT2D eigenvalue weighted by Gasteiger charge is 1.99. The van der Waals surface area contributed by atoms with Gasteiger partial charge in [-0.15, -0.1) is 0 Å². The molecular formula is C9H9N3OS. The molecule has 4 nitrogen and oxygen atoms in total. The van der Waals surface area contributed by atoms with E-state index in [1.165, 1.54) is 11.3 Å². The molecule has 0 amide bonds. The van der Waals surface area contributed by atoms with E-state index in [1.54, 1.807) is 18.6 Å². The highest BCUT2D eigenvalue weighted by molar-refractivity contribution is 7.15. The van der Waals surface area contributed by atoms with Gasteiger partial charge in [-0.25, -0.2) is 4.98 Å². The number of nitrogen functional groups attached to an aromatic ring is 1. The van der Waals surface area contributed by atoms with Crippen molar-refractivity contribution in [3.63, 3.8) is 0 Å². The van der Waals surface area contributed by atoms with Crippen LogP contribution in [0.5, 0.6) is 5.75 Å². The summed E-state index contributed by atoms with van der Waals surface area (Å²) in [6.07, 6.45) is 5.10. The summed E-state index contributed by atoms with van der Waals surface area (Å²) in [5.74, 6) is 0.750. The zero-order valence-electron chi connectivity index (χ0n) is 7.38. The monoisotopic (exact) mass is 207 g/mol. The predicted octanol–water partition coefficient (Wildman–Crippen LogP) is 1.70. The van der Waals surface area contributed by atoms with Crippen molar-refractivity contribution in [2.45, 2.75) is 6.61 Å². The first kappa shape index (κ1) is 8.96. The Morgan fingerprint density at radius 2 is 2.36 bits per heavy atom. The van der Waals surface area contributed by atoms with Gasteiger partial charge in [0, 0.05) is 12.4 Å². The molecule has 0 fully saturated rings. The average Bonchev–Trinajstić information content (AvgIpc) is 2.63. The first-order valence-corrected chi connectivity index (χ1v) is 4.89. The quantitative estimate of drug-likeness (QED) is 0.832. The number of rotatable bonds is 3. The van der Waals surface area contributed by atoms with Crippen LogP contribution in [0.15, 0.2) is 30.7 Å². The van der Waals surface area contributed by atoms with Gasteiger partial charge in [-0.05, 0) is 12.1 Å². The second kappa shape index (κ2) is 4.06. The molecule has 0 saturated carbocycles. The van der Waals surface area contributed by atoms with Gasteiger partial charge in [-0.3, -0.25) is 4.98 Å². The van der Waals surface area contributed by atoms with Crippen molar-refractivity contribution in [2.24, 2.45) is 0 Å². The largest absolute Gasteiger partial charge is 0.486 e. The van der Waals surface area contributed by atoms with Gasteiger partial charge < -0.3 is 10.5 Å². The first-order chi connectivity index (χ1) is 6.84. The summed E-state index contributed by atoms with van der Waals surface area (Å²) in [4.78, 5) is 8.88. The zero-order chi connectivity index (χ0) is 9.80. The molecule has 2 heterocycles. The minimum absolute atomic E-state index is 0.487. The highest BCUT2D eigenvalue weighted by atomic mass is 32.1. The number of anilines is 1. The van der Waals surface area contributed by atoms with Crippen molar-refractivity contribution >= 4 is 16.5 Å². The average molecular weight is 207 g/mol. The summed E-state index contributed by atoms with van der Waals surface area (Å²) in [5.41, 5.74) is 5.49. The summed E-state index contributed by atoms with van der Waals surface area (Å²) in [6, 6.07) is 3.69. The van der Waals surface area contributed by atoms with Crippen LogP contribution >= 0.6 is 11.3 Å². The number of pyridine rings is 1. The van der Waals surface area contributed by atoms with Crippen molar-refractivity contribution in [1.29, 1.82) is 0 Å². The Bertz CT molecular complexity index is 401. The van der Waals surface area contributed by atoms with Crippen LogP contribution in [-0.2, 0) is 6.61 Å². The van der Waals surface area contributed by atoms with Gasteiger partial charge in [0.1, 0.15) is 12.4 Å². The lowest BCUT2D eigenvalue weighted by Gasteiger charge is -2.01. The summed E-state index contributed by atoms with van der Waals surface area (Å²) >= 11 is 1.43. The lowest BCUT2D eigenvalue weighted by molar-refractivity contribution is 0.308. The molecule has 2 N–H and O–H groups in total. The molecule has 0 unspecified atom stereocenters. The Balaban J connectivity index is 1.95. The van der Waals surface area contributed by atoms with Crippen molar-refractivity contribution in [3.05, 3.63) is 35.6 Å². The Morgan fingerprint density at radius 3 is 3.00 bits per heavy atom. The van der Waals surface area contributed by atoms with Crippen LogP contribution in [0, 0.1) is 0 Å². The number of hydrogen-bond donors (Lipinski definition) is 1. The minimum atomic E-state index is 0.487. The second-order valence-electron chi connectivity index (χ2n) is 2.64. The molecule has 2 aromatic heterocycles. The molecule has 0 aliphatic carbocycles. The molecule has 0 radical (unpaired) electrons. The van der Waals surface area contributed by atoms with Crippen LogP contribution in [-0.4, -0.2) is 9.97 Å². The summed E-state index contributed by atoms with van der Waals surface area (Å²) in [5, 5.41) is 0.565. The maximum Gasteiger partial charge on any atom is 0.180 e. The van der Waals surface area contributed by atoms with Crippen LogP contribution in [0.2, 0.25) is 0 Å². The molecule has 0 bridgehead atoms. The van der Waals surface area contributed by atoms with Crippen molar-refractivity contribution < 1.29 is 4.74 Å². The fourth-order valence-electron chi connectivity index (χ4n) is 0.976. The molecule has 2 aromatic rings. The fourth-order valence-corrected chi connectivity index (χ4v) is 1.57. The molecule has 72 valence electrons. The first-order valence-electron chi connectivity index (χ1n) is 4.07. The molecule has 0 saturated heterocycles. The van der Waals surface area contributed by atoms with Crippen molar-refractivity contribution in [3.8, 4) is 5.75 Å². The molecule has 0 aromatic carbocycles. The Morgan fingerprint density at radius 1 is 1.43 bits per heavy atom. The van der Waals surface area contributed by atoms with Gasteiger partial charge in [-0.2, -0.15) is 0 Å². The lowest BCUT2D eigenvalue weighted by Crippen LogP contribution is -1.92. The summed E-state index contributed by atoms with van der Waals surface area (Å²) in [7, 11) is 0. The standard InChI is InChI=1S/C9H9N3OS/c10-9-12-5-8(14-9)6-13-7-2-1-3-11-4-7/h1-5H,6H2,(H2,10,12). The van der Waals surface area contributed by atoms with Crippen LogP contribution in [0.1, 0.15) is 4.88 Å². The third kappa shape index (κ3) is 2.20. The van der Waals surface area contributed by atoms with Gasteiger partial charge in [0.25, 0.3) is 0 Å². The van der Waals surface area contributed by atoms with Crippen LogP contribution in [0.25, 0.3) is 0 Å². The topological polar surface area (TPSA) is 61.0 Å². The Kier molecular flexibility index (Phi) is 2.60. The maximum atomic E-state index is 5.49. The SMILES string of the molecule is Nc1ncc(COc2cccnc2)s1. The van der Waals surface area contributed by atoms with Crippen LogP contribution < -0.4 is 10.5 Å². The van der Waals surface area contributed by atoms with E-state index in [0.29, 0.717) is 11.7 Å². The Hall–Kier alpha value is -1.62. The van der Waals surface area contributed by atoms with E-state index < -0.39 is 0 Å². The molecule has 5 heteroatoms. The number of aromatic nitrogens is 2. The van der Waals surface area contributed by atoms with Gasteiger partial charge in [0.05, 0.1) is 11.1 Å². The van der Waals surface area contributed by atoms with Gasteiger partial charge in [0.15, 0.2) is 5.13 Å². The van der Waals surface area contributed by atoms with E-state index in [0.717, 1.165) is 10.6 Å². The maximum absolute atomic E-state index is 5.49. The molecule has 0 spiro atoms. The molecule has 0 atom stereocenters. The second-order valence-corrected chi connectivity index (χ2v) is 3.79. The van der Waals surface area contributed by atoms with Gasteiger partial charge >= 0.3 is 0 Å². The van der Waals surface area contributed by atoms with E-state index in [-0.39, 0.29) is 0 Å². The van der Waals surface area contributed by atoms with E-state index in [9.17, 15) is 0 Å². The van der Waals surface area contributed by atoms with Crippen LogP contribution in [0.4, 0.5) is 5.13 Å². The Labute approximate surface area is 85.4 Å². The fraction of sp³-hybridized carbons (Fsp3) is 0.111. The summed E-state index contributed by atoms with van der Waals surface area (Å²) < 4.78 is 5.46. The number of hydrogen-bond acceptors (Lipinski definition) is 5. The molecule has 0 aliphatic rings. The number of thiazole rings is 1. The third-order valence-corrected chi connectivity index (χ3v) is 2.39. The van der Waals surface area contributed by atoms with Crippen molar-refractivity contribution in [1.82, 2.24) is 9.97 Å². The smallest absolute Gasteiger partial charge is 0.180 e. The van der Waals surface area contributed by atoms with Gasteiger partial charge in [-0.1, -0.05) is 11.3 Å². The highest BCUT2D eigenvalue weighted by Crippen LogP contribution is 2.16. The van der Waals surface area contributed by atoms with Crippen molar-refractivity contribution in [2.75, 3.05) is 5.73 Å². The van der Waals surface area contributed by atoms with E-state index in [1.807, 2.05) is 12.1 Å². The van der Waals surface area contributed by atoms with E-state index >= 15 is 0 Å².